The summed E-state index contributed by atoms with van der Waals surface area (Å²) in [6, 6.07) is 10.4. The van der Waals surface area contributed by atoms with E-state index in [1.54, 1.807) is 0 Å². The van der Waals surface area contributed by atoms with E-state index in [-0.39, 0.29) is 0 Å². The average molecular weight is 288 g/mol. The highest BCUT2D eigenvalue weighted by Gasteiger charge is 2.26. The van der Waals surface area contributed by atoms with Crippen molar-refractivity contribution in [2.45, 2.75) is 25.4 Å². The molecule has 0 radical (unpaired) electrons. The number of likely N-dealkylation sites (tertiary alicyclic amines) is 1. The molecular formula is C16H18ClN3. The topological polar surface area (TPSA) is 42.1 Å². The second kappa shape index (κ2) is 5.81. The highest BCUT2D eigenvalue weighted by atomic mass is 35.5. The zero-order valence-corrected chi connectivity index (χ0v) is 12.1. The normalized spacial score (nSPS) is 19.4. The number of hydrogen-bond donors (Lipinski definition) is 1. The highest BCUT2D eigenvalue weighted by Crippen LogP contribution is 2.33. The van der Waals surface area contributed by atoms with Gasteiger partial charge in [0.05, 0.1) is 0 Å². The molecule has 2 aromatic rings. The first-order valence-corrected chi connectivity index (χ1v) is 7.30. The average Bonchev–Trinajstić information content (AvgIpc) is 2.91. The molecule has 3 nitrogen and oxygen atoms in total. The second-order valence-corrected chi connectivity index (χ2v) is 5.69. The predicted molar refractivity (Wildman–Crippen MR) is 82.5 cm³/mol. The zero-order valence-electron chi connectivity index (χ0n) is 11.3. The van der Waals surface area contributed by atoms with E-state index in [1.807, 2.05) is 36.7 Å². The summed E-state index contributed by atoms with van der Waals surface area (Å²) >= 11 is 5.96. The molecule has 1 unspecified atom stereocenters. The number of nitrogens with zero attached hydrogens (tertiary/aromatic N) is 2. The lowest BCUT2D eigenvalue weighted by Gasteiger charge is -2.25. The van der Waals surface area contributed by atoms with E-state index in [4.69, 9.17) is 17.3 Å². The van der Waals surface area contributed by atoms with Gasteiger partial charge in [0.1, 0.15) is 0 Å². The molecule has 1 fully saturated rings. The first-order chi connectivity index (χ1) is 9.74. The lowest BCUT2D eigenvalue weighted by molar-refractivity contribution is 0.248. The number of halogens is 1. The minimum absolute atomic E-state index is 0.443. The fraction of sp³-hybridized carbons (Fsp3) is 0.312. The van der Waals surface area contributed by atoms with Crippen LogP contribution in [0.25, 0.3) is 0 Å². The number of hydrogen-bond acceptors (Lipinski definition) is 3. The molecule has 1 atom stereocenters. The van der Waals surface area contributed by atoms with Gasteiger partial charge in [0.2, 0.25) is 0 Å². The third-order valence-corrected chi connectivity index (χ3v) is 4.15. The molecule has 1 aliphatic rings. The van der Waals surface area contributed by atoms with Crippen molar-refractivity contribution in [1.82, 2.24) is 9.88 Å². The van der Waals surface area contributed by atoms with Crippen molar-refractivity contribution >= 4 is 17.3 Å². The monoisotopic (exact) mass is 287 g/mol. The van der Waals surface area contributed by atoms with Gasteiger partial charge in [-0.05, 0) is 48.7 Å². The van der Waals surface area contributed by atoms with Crippen LogP contribution in [-0.2, 0) is 6.54 Å². The minimum Gasteiger partial charge on any atom is -0.398 e. The van der Waals surface area contributed by atoms with Crippen LogP contribution in [0.15, 0.2) is 42.7 Å². The quantitative estimate of drug-likeness (QED) is 0.876. The van der Waals surface area contributed by atoms with Crippen LogP contribution < -0.4 is 5.73 Å². The zero-order chi connectivity index (χ0) is 13.9. The SMILES string of the molecule is Nc1cc(Cl)ccc1CN1CCCC1c1cccnc1. The van der Waals surface area contributed by atoms with Gasteiger partial charge in [0.25, 0.3) is 0 Å². The maximum Gasteiger partial charge on any atom is 0.0426 e. The third-order valence-electron chi connectivity index (χ3n) is 3.91. The van der Waals surface area contributed by atoms with Crippen molar-refractivity contribution in [3.8, 4) is 0 Å². The number of aromatic nitrogens is 1. The number of nitrogen functional groups attached to an aromatic ring is 1. The lowest BCUT2D eigenvalue weighted by Crippen LogP contribution is -2.23. The Balaban J connectivity index is 1.79. The van der Waals surface area contributed by atoms with Crippen molar-refractivity contribution < 1.29 is 0 Å². The van der Waals surface area contributed by atoms with Gasteiger partial charge in [-0.2, -0.15) is 0 Å². The summed E-state index contributed by atoms with van der Waals surface area (Å²) < 4.78 is 0. The van der Waals surface area contributed by atoms with Crippen LogP contribution in [0.2, 0.25) is 5.02 Å². The molecule has 2 heterocycles. The molecule has 1 saturated heterocycles. The predicted octanol–water partition coefficient (Wildman–Crippen LogP) is 3.65. The molecule has 1 aromatic heterocycles. The summed E-state index contributed by atoms with van der Waals surface area (Å²) in [4.78, 5) is 6.70. The summed E-state index contributed by atoms with van der Waals surface area (Å²) in [5, 5.41) is 0.691. The van der Waals surface area contributed by atoms with Gasteiger partial charge in [-0.1, -0.05) is 23.7 Å². The molecule has 0 aliphatic carbocycles. The van der Waals surface area contributed by atoms with Gasteiger partial charge in [-0.25, -0.2) is 0 Å². The Morgan fingerprint density at radius 2 is 2.25 bits per heavy atom. The van der Waals surface area contributed by atoms with Crippen LogP contribution in [0, 0.1) is 0 Å². The molecule has 3 rings (SSSR count). The number of rotatable bonds is 3. The third kappa shape index (κ3) is 2.79. The first-order valence-electron chi connectivity index (χ1n) is 6.92. The summed E-state index contributed by atoms with van der Waals surface area (Å²) in [7, 11) is 0. The Labute approximate surface area is 124 Å². The summed E-state index contributed by atoms with van der Waals surface area (Å²) in [5.41, 5.74) is 9.27. The molecule has 2 N–H and O–H groups in total. The standard InChI is InChI=1S/C16H18ClN3/c17-14-6-5-13(15(18)9-14)11-20-8-2-4-16(20)12-3-1-7-19-10-12/h1,3,5-7,9-10,16H,2,4,8,11,18H2. The minimum atomic E-state index is 0.443. The van der Waals surface area contributed by atoms with Crippen LogP contribution in [0.4, 0.5) is 5.69 Å². The molecule has 1 aromatic carbocycles. The molecule has 1 aliphatic heterocycles. The smallest absolute Gasteiger partial charge is 0.0426 e. The summed E-state index contributed by atoms with van der Waals surface area (Å²) in [6.07, 6.45) is 6.18. The molecule has 4 heteroatoms. The van der Waals surface area contributed by atoms with E-state index in [0.29, 0.717) is 11.1 Å². The van der Waals surface area contributed by atoms with Crippen molar-refractivity contribution in [2.75, 3.05) is 12.3 Å². The van der Waals surface area contributed by atoms with Crippen molar-refractivity contribution in [3.63, 3.8) is 0 Å². The van der Waals surface area contributed by atoms with Gasteiger partial charge < -0.3 is 5.73 Å². The van der Waals surface area contributed by atoms with E-state index >= 15 is 0 Å². The van der Waals surface area contributed by atoms with Crippen LogP contribution in [0.3, 0.4) is 0 Å². The van der Waals surface area contributed by atoms with Crippen molar-refractivity contribution in [3.05, 3.63) is 58.9 Å². The molecule has 0 amide bonds. The number of anilines is 1. The largest absolute Gasteiger partial charge is 0.398 e. The van der Waals surface area contributed by atoms with E-state index in [1.165, 1.54) is 18.4 Å². The number of pyridine rings is 1. The Morgan fingerprint density at radius 3 is 3.00 bits per heavy atom. The Hall–Kier alpha value is -1.58. The Bertz CT molecular complexity index is 586. The van der Waals surface area contributed by atoms with E-state index in [2.05, 4.69) is 16.0 Å². The fourth-order valence-corrected chi connectivity index (χ4v) is 3.08. The van der Waals surface area contributed by atoms with E-state index in [0.717, 1.165) is 24.3 Å². The Kier molecular flexibility index (Phi) is 3.90. The van der Waals surface area contributed by atoms with Crippen LogP contribution in [0.1, 0.15) is 30.0 Å². The maximum atomic E-state index is 6.06. The van der Waals surface area contributed by atoms with Crippen molar-refractivity contribution in [1.29, 1.82) is 0 Å². The molecule has 0 bridgehead atoms. The number of benzene rings is 1. The van der Waals surface area contributed by atoms with Gasteiger partial charge in [0.15, 0.2) is 0 Å². The van der Waals surface area contributed by atoms with Crippen LogP contribution in [-0.4, -0.2) is 16.4 Å². The first kappa shape index (κ1) is 13.4. The van der Waals surface area contributed by atoms with Crippen LogP contribution >= 0.6 is 11.6 Å². The summed E-state index contributed by atoms with van der Waals surface area (Å²) in [6.45, 7) is 1.96. The van der Waals surface area contributed by atoms with Gasteiger partial charge in [0, 0.05) is 35.7 Å². The number of nitrogens with two attached hydrogens (primary N) is 1. The molecule has 0 saturated carbocycles. The molecule has 20 heavy (non-hydrogen) atoms. The molecule has 0 spiro atoms. The van der Waals surface area contributed by atoms with Gasteiger partial charge in [-0.15, -0.1) is 0 Å². The van der Waals surface area contributed by atoms with Crippen LogP contribution in [0.5, 0.6) is 0 Å². The highest BCUT2D eigenvalue weighted by molar-refractivity contribution is 6.30. The van der Waals surface area contributed by atoms with Gasteiger partial charge in [-0.3, -0.25) is 9.88 Å². The molecule has 104 valence electrons. The van der Waals surface area contributed by atoms with Crippen molar-refractivity contribution in [2.24, 2.45) is 0 Å². The second-order valence-electron chi connectivity index (χ2n) is 5.26. The van der Waals surface area contributed by atoms with E-state index in [9.17, 15) is 0 Å². The maximum absolute atomic E-state index is 6.06. The van der Waals surface area contributed by atoms with Gasteiger partial charge >= 0.3 is 0 Å². The lowest BCUT2D eigenvalue weighted by atomic mass is 10.1. The fourth-order valence-electron chi connectivity index (χ4n) is 2.89. The molecular weight excluding hydrogens is 270 g/mol. The summed E-state index contributed by atoms with van der Waals surface area (Å²) in [5.74, 6) is 0. The van der Waals surface area contributed by atoms with E-state index < -0.39 is 0 Å². The Morgan fingerprint density at radius 1 is 1.35 bits per heavy atom.